The number of hydrogen-bond donors (Lipinski definition) is 2. The Kier molecular flexibility index (Phi) is 4.33. The third-order valence-corrected chi connectivity index (χ3v) is 7.19. The number of nitrogens with zero attached hydrogens (tertiary/aromatic N) is 6. The van der Waals surface area contributed by atoms with E-state index in [4.69, 9.17) is 0 Å². The van der Waals surface area contributed by atoms with E-state index in [9.17, 15) is 13.6 Å². The van der Waals surface area contributed by atoms with Crippen LogP contribution in [0.25, 0.3) is 0 Å². The van der Waals surface area contributed by atoms with Crippen LogP contribution >= 0.6 is 0 Å². The van der Waals surface area contributed by atoms with E-state index >= 15 is 0 Å². The highest BCUT2D eigenvalue weighted by atomic mass is 19.3. The molecule has 6 rings (SSSR count). The summed E-state index contributed by atoms with van der Waals surface area (Å²) in [5, 5.41) is 10.3. The molecule has 0 bridgehead atoms. The molecule has 0 aromatic carbocycles. The van der Waals surface area contributed by atoms with Crippen LogP contribution in [0.2, 0.25) is 0 Å². The van der Waals surface area contributed by atoms with Gasteiger partial charge in [-0.15, -0.1) is 0 Å². The first kappa shape index (κ1) is 20.3. The Morgan fingerprint density at radius 2 is 2.06 bits per heavy atom. The molecular weight excluding hydrogens is 430 g/mol. The second-order valence-electron chi connectivity index (χ2n) is 9.28. The summed E-state index contributed by atoms with van der Waals surface area (Å²) in [6, 6.07) is -0.109. The van der Waals surface area contributed by atoms with Gasteiger partial charge >= 0.3 is 0 Å². The molecule has 33 heavy (non-hydrogen) atoms. The van der Waals surface area contributed by atoms with Crippen molar-refractivity contribution in [3.05, 3.63) is 52.6 Å². The number of aromatic amines is 1. The van der Waals surface area contributed by atoms with Gasteiger partial charge in [-0.25, -0.2) is 23.7 Å². The standard InChI is InChI=1S/C22H24F2N8O/c1-11-13(5-25-21(27-11)32-7-15-16(8-32)22(15,23)24)6-31-9-18(26-10-31)20(33)28-17-4-3-14-12(2)29-30-19(14)17/h5,9-10,15-17H,3-4,6-8H2,1-2H3,(H,28,33)(H,29,30)/t15-,16?,17+/m0/s1. The van der Waals surface area contributed by atoms with Crippen LogP contribution in [-0.2, 0) is 13.0 Å². The molecule has 1 aliphatic heterocycles. The fourth-order valence-corrected chi connectivity index (χ4v) is 5.09. The topological polar surface area (TPSA) is 105 Å². The van der Waals surface area contributed by atoms with Gasteiger partial charge in [0.1, 0.15) is 5.69 Å². The summed E-state index contributed by atoms with van der Waals surface area (Å²) in [7, 11) is 0. The molecule has 172 valence electrons. The number of nitrogens with one attached hydrogen (secondary N) is 2. The summed E-state index contributed by atoms with van der Waals surface area (Å²) in [6.07, 6.45) is 6.76. The highest BCUT2D eigenvalue weighted by Crippen LogP contribution is 2.59. The highest BCUT2D eigenvalue weighted by molar-refractivity contribution is 5.92. The minimum atomic E-state index is -2.52. The molecule has 2 fully saturated rings. The lowest BCUT2D eigenvalue weighted by Gasteiger charge is -2.20. The van der Waals surface area contributed by atoms with Crippen molar-refractivity contribution < 1.29 is 13.6 Å². The van der Waals surface area contributed by atoms with E-state index < -0.39 is 17.8 Å². The molecule has 0 radical (unpaired) electrons. The van der Waals surface area contributed by atoms with E-state index in [0.29, 0.717) is 31.3 Å². The number of aromatic nitrogens is 6. The van der Waals surface area contributed by atoms with Crippen LogP contribution in [0.15, 0.2) is 18.7 Å². The lowest BCUT2D eigenvalue weighted by Crippen LogP contribution is -2.29. The first-order valence-electron chi connectivity index (χ1n) is 11.1. The van der Waals surface area contributed by atoms with Gasteiger partial charge in [0.15, 0.2) is 0 Å². The third kappa shape index (κ3) is 3.28. The molecule has 3 atom stereocenters. The van der Waals surface area contributed by atoms with Crippen LogP contribution < -0.4 is 10.2 Å². The number of fused-ring (bicyclic) bond motifs is 2. The second-order valence-corrected chi connectivity index (χ2v) is 9.28. The van der Waals surface area contributed by atoms with Crippen molar-refractivity contribution in [2.75, 3.05) is 18.0 Å². The van der Waals surface area contributed by atoms with Crippen LogP contribution in [0.4, 0.5) is 14.7 Å². The average Bonchev–Trinajstić information content (AvgIpc) is 3.41. The lowest BCUT2D eigenvalue weighted by molar-refractivity contribution is 0.0795. The van der Waals surface area contributed by atoms with E-state index in [1.807, 2.05) is 23.3 Å². The Morgan fingerprint density at radius 1 is 1.27 bits per heavy atom. The monoisotopic (exact) mass is 454 g/mol. The van der Waals surface area contributed by atoms with Crippen molar-refractivity contribution in [1.29, 1.82) is 0 Å². The van der Waals surface area contributed by atoms with Crippen molar-refractivity contribution in [2.24, 2.45) is 11.8 Å². The number of anilines is 1. The molecule has 1 amide bonds. The van der Waals surface area contributed by atoms with Gasteiger partial charge in [-0.1, -0.05) is 0 Å². The van der Waals surface area contributed by atoms with Gasteiger partial charge in [-0.05, 0) is 32.3 Å². The van der Waals surface area contributed by atoms with E-state index in [0.717, 1.165) is 35.5 Å². The van der Waals surface area contributed by atoms with Gasteiger partial charge in [0.25, 0.3) is 11.8 Å². The zero-order chi connectivity index (χ0) is 22.9. The maximum Gasteiger partial charge on any atom is 0.272 e. The molecular formula is C22H24F2N8O. The minimum absolute atomic E-state index is 0.109. The van der Waals surface area contributed by atoms with Gasteiger partial charge in [0.05, 0.1) is 36.4 Å². The maximum absolute atomic E-state index is 13.4. The zero-order valence-corrected chi connectivity index (χ0v) is 18.3. The van der Waals surface area contributed by atoms with Crippen LogP contribution in [0.3, 0.4) is 0 Å². The highest BCUT2D eigenvalue weighted by Gasteiger charge is 2.72. The predicted octanol–water partition coefficient (Wildman–Crippen LogP) is 2.18. The van der Waals surface area contributed by atoms with Crippen LogP contribution in [-0.4, -0.2) is 54.6 Å². The molecule has 0 spiro atoms. The van der Waals surface area contributed by atoms with Crippen LogP contribution in [0.1, 0.15) is 51.2 Å². The molecule has 2 N–H and O–H groups in total. The maximum atomic E-state index is 13.4. The number of halogens is 2. The number of amides is 1. The Hall–Kier alpha value is -3.37. The van der Waals surface area contributed by atoms with E-state index in [2.05, 4.69) is 30.5 Å². The second kappa shape index (κ2) is 7.06. The summed E-state index contributed by atoms with van der Waals surface area (Å²) in [5.74, 6) is -3.39. The van der Waals surface area contributed by atoms with Crippen molar-refractivity contribution in [3.8, 4) is 0 Å². The van der Waals surface area contributed by atoms with E-state index in [1.54, 1.807) is 18.7 Å². The summed E-state index contributed by atoms with van der Waals surface area (Å²) in [6.45, 7) is 4.93. The van der Waals surface area contributed by atoms with Gasteiger partial charge in [0, 0.05) is 42.4 Å². The lowest BCUT2D eigenvalue weighted by atomic mass is 10.2. The van der Waals surface area contributed by atoms with Crippen molar-refractivity contribution in [1.82, 2.24) is 35.0 Å². The van der Waals surface area contributed by atoms with Crippen molar-refractivity contribution in [2.45, 2.75) is 45.2 Å². The number of hydrogen-bond acceptors (Lipinski definition) is 6. The number of alkyl halides is 2. The van der Waals surface area contributed by atoms with Crippen molar-refractivity contribution >= 4 is 11.9 Å². The molecule has 3 aromatic rings. The third-order valence-electron chi connectivity index (χ3n) is 7.19. The molecule has 4 heterocycles. The number of carbonyl (C=O) groups excluding carboxylic acids is 1. The smallest absolute Gasteiger partial charge is 0.272 e. The molecule has 1 unspecified atom stereocenters. The van der Waals surface area contributed by atoms with Gasteiger partial charge in [-0.3, -0.25) is 9.89 Å². The van der Waals surface area contributed by atoms with Gasteiger partial charge < -0.3 is 14.8 Å². The summed E-state index contributed by atoms with van der Waals surface area (Å²) >= 11 is 0. The first-order valence-corrected chi connectivity index (χ1v) is 11.1. The largest absolute Gasteiger partial charge is 0.342 e. The number of H-pyrrole nitrogens is 1. The summed E-state index contributed by atoms with van der Waals surface area (Å²) in [4.78, 5) is 27.7. The molecule has 3 aliphatic rings. The Balaban J connectivity index is 1.10. The number of rotatable bonds is 5. The quantitative estimate of drug-likeness (QED) is 0.612. The first-order chi connectivity index (χ1) is 15.8. The Morgan fingerprint density at radius 3 is 2.82 bits per heavy atom. The number of carbonyl (C=O) groups is 1. The normalized spacial score (nSPS) is 24.6. The van der Waals surface area contributed by atoms with Crippen LogP contribution in [0.5, 0.6) is 0 Å². The SMILES string of the molecule is Cc1nc(N2CC3[C@H](C2)C3(F)F)ncc1Cn1cnc(C(=O)N[C@@H]2CCc3c2n[nH]c3C)c1. The number of aryl methyl sites for hydroxylation is 2. The zero-order valence-electron chi connectivity index (χ0n) is 18.3. The average molecular weight is 454 g/mol. The minimum Gasteiger partial charge on any atom is -0.342 e. The van der Waals surface area contributed by atoms with Gasteiger partial charge in [0.2, 0.25) is 5.95 Å². The molecule has 11 heteroatoms. The van der Waals surface area contributed by atoms with Gasteiger partial charge in [-0.2, -0.15) is 5.10 Å². The Bertz CT molecular complexity index is 1240. The fourth-order valence-electron chi connectivity index (χ4n) is 5.09. The molecule has 1 saturated carbocycles. The molecule has 3 aromatic heterocycles. The Labute approximate surface area is 188 Å². The fraction of sp³-hybridized carbons (Fsp3) is 0.500. The number of imidazole rings is 1. The molecule has 1 saturated heterocycles. The van der Waals surface area contributed by atoms with E-state index in [1.165, 1.54) is 5.56 Å². The predicted molar refractivity (Wildman–Crippen MR) is 114 cm³/mol. The summed E-state index contributed by atoms with van der Waals surface area (Å²) < 4.78 is 28.7. The molecule has 9 nitrogen and oxygen atoms in total. The van der Waals surface area contributed by atoms with Crippen molar-refractivity contribution in [3.63, 3.8) is 0 Å². The summed E-state index contributed by atoms with van der Waals surface area (Å²) in [5.41, 5.74) is 5.14. The molecule has 2 aliphatic carbocycles. The van der Waals surface area contributed by atoms with E-state index in [-0.39, 0.29) is 11.9 Å². The number of piperidine rings is 1. The van der Waals surface area contributed by atoms with Crippen LogP contribution in [0, 0.1) is 25.7 Å².